The van der Waals surface area contributed by atoms with E-state index in [0.717, 1.165) is 0 Å². The Bertz CT molecular complexity index is 408. The number of hydrogen-bond donors (Lipinski definition) is 2. The van der Waals surface area contributed by atoms with E-state index in [0.29, 0.717) is 36.6 Å². The molecule has 1 aromatic rings. The van der Waals surface area contributed by atoms with Crippen molar-refractivity contribution in [2.75, 3.05) is 39.3 Å². The zero-order valence-electron chi connectivity index (χ0n) is 10.9. The lowest BCUT2D eigenvalue weighted by Crippen LogP contribution is -2.10. The van der Waals surface area contributed by atoms with Crippen LogP contribution in [0.25, 0.3) is 0 Å². The molecule has 0 atom stereocenters. The first kappa shape index (κ1) is 15.3. The summed E-state index contributed by atoms with van der Waals surface area (Å²) in [6, 6.07) is 4.70. The number of ether oxygens (including phenoxy) is 3. The van der Waals surface area contributed by atoms with Crippen LogP contribution >= 0.6 is 0 Å². The number of aliphatic hydroxyl groups excluding tert-OH is 1. The number of anilines is 1. The summed E-state index contributed by atoms with van der Waals surface area (Å²) in [4.78, 5) is 11.6. The summed E-state index contributed by atoms with van der Waals surface area (Å²) in [5, 5.41) is 8.65. The molecule has 1 rings (SSSR count). The average Bonchev–Trinajstić information content (AvgIpc) is 2.41. The van der Waals surface area contributed by atoms with E-state index in [-0.39, 0.29) is 13.2 Å². The minimum absolute atomic E-state index is 0.0593. The van der Waals surface area contributed by atoms with Crippen molar-refractivity contribution < 1.29 is 24.1 Å². The summed E-state index contributed by atoms with van der Waals surface area (Å²) in [7, 11) is 1.53. The Kier molecular flexibility index (Phi) is 6.70. The molecule has 0 amide bonds. The van der Waals surface area contributed by atoms with Crippen molar-refractivity contribution >= 4 is 11.7 Å². The second-order valence-electron chi connectivity index (χ2n) is 3.81. The van der Waals surface area contributed by atoms with Gasteiger partial charge in [-0.25, -0.2) is 4.79 Å². The molecular weight excluding hydrogens is 250 g/mol. The van der Waals surface area contributed by atoms with Crippen LogP contribution in [0.3, 0.4) is 0 Å². The second-order valence-corrected chi connectivity index (χ2v) is 3.81. The zero-order chi connectivity index (χ0) is 14.1. The third-order valence-corrected chi connectivity index (χ3v) is 2.33. The van der Waals surface area contributed by atoms with Crippen molar-refractivity contribution in [3.05, 3.63) is 23.8 Å². The summed E-state index contributed by atoms with van der Waals surface area (Å²) < 4.78 is 15.1. The molecule has 0 spiro atoms. The lowest BCUT2D eigenvalue weighted by atomic mass is 10.2. The van der Waals surface area contributed by atoms with E-state index in [4.69, 9.17) is 25.1 Å². The Morgan fingerprint density at radius 2 is 2.11 bits per heavy atom. The molecule has 6 heteroatoms. The first-order valence-electron chi connectivity index (χ1n) is 5.98. The molecular formula is C13H19NO5. The van der Waals surface area contributed by atoms with Crippen LogP contribution in [0.2, 0.25) is 0 Å². The van der Waals surface area contributed by atoms with Crippen molar-refractivity contribution in [3.63, 3.8) is 0 Å². The van der Waals surface area contributed by atoms with Crippen LogP contribution in [-0.4, -0.2) is 44.6 Å². The first-order chi connectivity index (χ1) is 9.19. The van der Waals surface area contributed by atoms with Gasteiger partial charge in [-0.15, -0.1) is 0 Å². The molecule has 0 fully saturated rings. The van der Waals surface area contributed by atoms with Crippen LogP contribution in [0, 0.1) is 0 Å². The molecule has 19 heavy (non-hydrogen) atoms. The fraction of sp³-hybridized carbons (Fsp3) is 0.462. The standard InChI is InChI=1S/C13H19NO5/c1-17-7-8-19-13(16)10-3-4-12(11(14)9-10)18-6-2-5-15/h3-4,9,15H,2,5-8,14H2,1H3. The van der Waals surface area contributed by atoms with Gasteiger partial charge in [0.2, 0.25) is 0 Å². The zero-order valence-corrected chi connectivity index (χ0v) is 10.9. The smallest absolute Gasteiger partial charge is 0.338 e. The van der Waals surface area contributed by atoms with Crippen LogP contribution in [-0.2, 0) is 9.47 Å². The third kappa shape index (κ3) is 5.15. The minimum Gasteiger partial charge on any atom is -0.491 e. The van der Waals surface area contributed by atoms with Crippen LogP contribution in [0.4, 0.5) is 5.69 Å². The van der Waals surface area contributed by atoms with E-state index in [1.165, 1.54) is 13.2 Å². The van der Waals surface area contributed by atoms with Gasteiger partial charge in [-0.3, -0.25) is 0 Å². The number of carbonyl (C=O) groups excluding carboxylic acids is 1. The predicted molar refractivity (Wildman–Crippen MR) is 70.2 cm³/mol. The van der Waals surface area contributed by atoms with Crippen molar-refractivity contribution in [3.8, 4) is 5.75 Å². The topological polar surface area (TPSA) is 91.0 Å². The number of hydrogen-bond acceptors (Lipinski definition) is 6. The van der Waals surface area contributed by atoms with E-state index in [9.17, 15) is 4.79 Å². The van der Waals surface area contributed by atoms with E-state index in [2.05, 4.69) is 0 Å². The van der Waals surface area contributed by atoms with E-state index >= 15 is 0 Å². The van der Waals surface area contributed by atoms with Gasteiger partial charge in [0.1, 0.15) is 12.4 Å². The Morgan fingerprint density at radius 1 is 1.32 bits per heavy atom. The molecule has 3 N–H and O–H groups in total. The average molecular weight is 269 g/mol. The van der Waals surface area contributed by atoms with E-state index in [1.807, 2.05) is 0 Å². The molecule has 0 saturated heterocycles. The van der Waals surface area contributed by atoms with Gasteiger partial charge in [0.25, 0.3) is 0 Å². The van der Waals surface area contributed by atoms with Gasteiger partial charge >= 0.3 is 5.97 Å². The highest BCUT2D eigenvalue weighted by Crippen LogP contribution is 2.23. The van der Waals surface area contributed by atoms with Crippen LogP contribution in [0.15, 0.2) is 18.2 Å². The SMILES string of the molecule is COCCOC(=O)c1ccc(OCCCO)c(N)c1. The van der Waals surface area contributed by atoms with Crippen molar-refractivity contribution in [2.45, 2.75) is 6.42 Å². The Labute approximate surface area is 112 Å². The van der Waals surface area contributed by atoms with Gasteiger partial charge in [0, 0.05) is 20.1 Å². The Hall–Kier alpha value is -1.79. The van der Waals surface area contributed by atoms with Gasteiger partial charge in [0.05, 0.1) is 24.5 Å². The second kappa shape index (κ2) is 8.34. The maximum absolute atomic E-state index is 11.6. The first-order valence-corrected chi connectivity index (χ1v) is 5.98. The molecule has 0 saturated carbocycles. The minimum atomic E-state index is -0.453. The van der Waals surface area contributed by atoms with E-state index < -0.39 is 5.97 Å². The van der Waals surface area contributed by atoms with Crippen LogP contribution in [0.5, 0.6) is 5.75 Å². The molecule has 0 heterocycles. The normalized spacial score (nSPS) is 10.2. The number of benzene rings is 1. The number of carbonyl (C=O) groups is 1. The number of rotatable bonds is 8. The highest BCUT2D eigenvalue weighted by molar-refractivity contribution is 5.91. The maximum atomic E-state index is 11.6. The highest BCUT2D eigenvalue weighted by Gasteiger charge is 2.10. The van der Waals surface area contributed by atoms with Gasteiger partial charge < -0.3 is 25.1 Å². The summed E-state index contributed by atoms with van der Waals surface area (Å²) in [6.45, 7) is 0.982. The molecule has 0 bridgehead atoms. The monoisotopic (exact) mass is 269 g/mol. The number of esters is 1. The Morgan fingerprint density at radius 3 is 2.74 bits per heavy atom. The summed E-state index contributed by atoms with van der Waals surface area (Å²) in [5.74, 6) is 0.0348. The van der Waals surface area contributed by atoms with E-state index in [1.54, 1.807) is 12.1 Å². The Balaban J connectivity index is 2.57. The number of methoxy groups -OCH3 is 1. The van der Waals surface area contributed by atoms with Crippen LogP contribution < -0.4 is 10.5 Å². The van der Waals surface area contributed by atoms with Crippen molar-refractivity contribution in [1.82, 2.24) is 0 Å². The molecule has 0 aromatic heterocycles. The largest absolute Gasteiger partial charge is 0.491 e. The lowest BCUT2D eigenvalue weighted by Gasteiger charge is -2.10. The third-order valence-electron chi connectivity index (χ3n) is 2.33. The maximum Gasteiger partial charge on any atom is 0.338 e. The van der Waals surface area contributed by atoms with Gasteiger partial charge in [-0.1, -0.05) is 0 Å². The fourth-order valence-electron chi connectivity index (χ4n) is 1.35. The molecule has 0 unspecified atom stereocenters. The van der Waals surface area contributed by atoms with Gasteiger partial charge in [-0.2, -0.15) is 0 Å². The lowest BCUT2D eigenvalue weighted by molar-refractivity contribution is 0.0388. The molecule has 1 aromatic carbocycles. The highest BCUT2D eigenvalue weighted by atomic mass is 16.6. The van der Waals surface area contributed by atoms with Crippen molar-refractivity contribution in [1.29, 1.82) is 0 Å². The molecule has 0 radical (unpaired) electrons. The van der Waals surface area contributed by atoms with Gasteiger partial charge in [0.15, 0.2) is 0 Å². The molecule has 6 nitrogen and oxygen atoms in total. The summed E-state index contributed by atoms with van der Waals surface area (Å²) in [5.41, 5.74) is 6.50. The van der Waals surface area contributed by atoms with Crippen LogP contribution in [0.1, 0.15) is 16.8 Å². The number of nitrogens with two attached hydrogens (primary N) is 1. The molecule has 0 aliphatic carbocycles. The molecule has 106 valence electrons. The number of aliphatic hydroxyl groups is 1. The fourth-order valence-corrected chi connectivity index (χ4v) is 1.35. The summed E-state index contributed by atoms with van der Waals surface area (Å²) >= 11 is 0. The molecule has 0 aliphatic rings. The number of nitrogen functional groups attached to an aromatic ring is 1. The van der Waals surface area contributed by atoms with Crippen molar-refractivity contribution in [2.24, 2.45) is 0 Å². The summed E-state index contributed by atoms with van der Waals surface area (Å²) in [6.07, 6.45) is 0.528. The van der Waals surface area contributed by atoms with Gasteiger partial charge in [-0.05, 0) is 18.2 Å². The molecule has 0 aliphatic heterocycles. The predicted octanol–water partition coefficient (Wildman–Crippen LogP) is 0.833. The quantitative estimate of drug-likeness (QED) is 0.413.